The number of piperidine rings is 1. The van der Waals surface area contributed by atoms with E-state index in [1.54, 1.807) is 24.1 Å². The minimum absolute atomic E-state index is 0.0439. The molecule has 2 aromatic rings. The number of ketones is 1. The van der Waals surface area contributed by atoms with Crippen LogP contribution in [-0.2, 0) is 16.6 Å². The van der Waals surface area contributed by atoms with Gasteiger partial charge in [0.25, 0.3) is 0 Å². The molecule has 7 nitrogen and oxygen atoms in total. The summed E-state index contributed by atoms with van der Waals surface area (Å²) < 4.78 is 1.64. The molecule has 1 N–H and O–H groups in total. The third-order valence-electron chi connectivity index (χ3n) is 6.44. The van der Waals surface area contributed by atoms with Gasteiger partial charge in [-0.15, -0.1) is 0 Å². The molecule has 1 aromatic carbocycles. The molecule has 2 aliphatic rings. The molecule has 0 aliphatic carbocycles. The van der Waals surface area contributed by atoms with Crippen molar-refractivity contribution < 1.29 is 14.4 Å². The van der Waals surface area contributed by atoms with Gasteiger partial charge in [-0.3, -0.25) is 14.3 Å². The van der Waals surface area contributed by atoms with Crippen LogP contribution >= 0.6 is 0 Å². The molecule has 0 saturated carbocycles. The van der Waals surface area contributed by atoms with Crippen LogP contribution < -0.4 is 5.32 Å². The molecule has 32 heavy (non-hydrogen) atoms. The van der Waals surface area contributed by atoms with E-state index in [2.05, 4.69) is 23.4 Å². The molecule has 1 aromatic heterocycles. The van der Waals surface area contributed by atoms with Gasteiger partial charge in [0.1, 0.15) is 12.3 Å². The Morgan fingerprint density at radius 2 is 2.00 bits per heavy atom. The van der Waals surface area contributed by atoms with Gasteiger partial charge in [-0.2, -0.15) is 5.10 Å². The number of hydrogen-bond acceptors (Lipinski definition) is 5. The van der Waals surface area contributed by atoms with Crippen LogP contribution in [-0.4, -0.2) is 45.7 Å². The highest BCUT2D eigenvalue weighted by atomic mass is 16.2. The van der Waals surface area contributed by atoms with E-state index in [4.69, 9.17) is 0 Å². The number of aldehydes is 1. The molecule has 3 heterocycles. The molecule has 1 unspecified atom stereocenters. The lowest BCUT2D eigenvalue weighted by atomic mass is 9.89. The average Bonchev–Trinajstić information content (AvgIpc) is 3.24. The summed E-state index contributed by atoms with van der Waals surface area (Å²) in [6.45, 7) is 3.29. The van der Waals surface area contributed by atoms with E-state index in [1.807, 2.05) is 29.2 Å². The highest BCUT2D eigenvalue weighted by Gasteiger charge is 2.29. The van der Waals surface area contributed by atoms with E-state index in [9.17, 15) is 14.4 Å². The second-order valence-electron chi connectivity index (χ2n) is 8.99. The van der Waals surface area contributed by atoms with Gasteiger partial charge in [0.15, 0.2) is 5.78 Å². The van der Waals surface area contributed by atoms with Gasteiger partial charge in [-0.1, -0.05) is 31.2 Å². The van der Waals surface area contributed by atoms with Crippen molar-refractivity contribution in [2.45, 2.75) is 38.6 Å². The SMILES string of the molecule is C[C@H](CC(=O)N1CCC(C(=O)c2cnn(C)c2)CC1)CC1=Cc2ccccc2C(C=O)N1. The van der Waals surface area contributed by atoms with Crippen LogP contribution in [0.4, 0.5) is 0 Å². The predicted molar refractivity (Wildman–Crippen MR) is 122 cm³/mol. The second-order valence-corrected chi connectivity index (χ2v) is 8.99. The smallest absolute Gasteiger partial charge is 0.222 e. The fraction of sp³-hybridized carbons (Fsp3) is 0.440. The van der Waals surface area contributed by atoms with Gasteiger partial charge in [-0.25, -0.2) is 0 Å². The molecule has 1 fully saturated rings. The summed E-state index contributed by atoms with van der Waals surface area (Å²) in [5.74, 6) is 0.360. The maximum Gasteiger partial charge on any atom is 0.222 e. The summed E-state index contributed by atoms with van der Waals surface area (Å²) in [6.07, 6.45) is 8.92. The Morgan fingerprint density at radius 1 is 1.25 bits per heavy atom. The van der Waals surface area contributed by atoms with Gasteiger partial charge in [-0.05, 0) is 42.4 Å². The first-order valence-electron chi connectivity index (χ1n) is 11.3. The standard InChI is InChI=1S/C25H30N4O3/c1-17(11-21-13-19-5-3-4-6-22(19)23(16-30)27-21)12-24(31)29-9-7-18(8-10-29)25(32)20-14-26-28(2)15-20/h3-6,13-18,23,27H,7-12H2,1-2H3/t17-,23?/m0/s1. The van der Waals surface area contributed by atoms with E-state index in [0.717, 1.165) is 23.1 Å². The monoisotopic (exact) mass is 434 g/mol. The summed E-state index contributed by atoms with van der Waals surface area (Å²) in [5, 5.41) is 7.38. The topological polar surface area (TPSA) is 84.3 Å². The zero-order valence-corrected chi connectivity index (χ0v) is 18.7. The minimum atomic E-state index is -0.342. The number of aromatic nitrogens is 2. The van der Waals surface area contributed by atoms with E-state index in [-0.39, 0.29) is 29.6 Å². The van der Waals surface area contributed by atoms with Crippen molar-refractivity contribution in [2.24, 2.45) is 18.9 Å². The zero-order valence-electron chi connectivity index (χ0n) is 18.7. The Kier molecular flexibility index (Phi) is 6.53. The number of carbonyl (C=O) groups excluding carboxylic acids is 3. The summed E-state index contributed by atoms with van der Waals surface area (Å²) in [7, 11) is 1.80. The lowest BCUT2D eigenvalue weighted by Gasteiger charge is -2.32. The van der Waals surface area contributed by atoms with Crippen molar-refractivity contribution >= 4 is 24.1 Å². The molecular formula is C25H30N4O3. The molecule has 1 amide bonds. The first kappa shape index (κ1) is 22.0. The zero-order chi connectivity index (χ0) is 22.7. The summed E-state index contributed by atoms with van der Waals surface area (Å²) in [5.41, 5.74) is 3.67. The molecule has 0 radical (unpaired) electrons. The van der Waals surface area contributed by atoms with Crippen molar-refractivity contribution in [3.63, 3.8) is 0 Å². The average molecular weight is 435 g/mol. The van der Waals surface area contributed by atoms with Crippen molar-refractivity contribution in [1.82, 2.24) is 20.0 Å². The molecule has 0 bridgehead atoms. The van der Waals surface area contributed by atoms with Gasteiger partial charge in [0, 0.05) is 44.4 Å². The Morgan fingerprint density at radius 3 is 2.69 bits per heavy atom. The fourth-order valence-corrected chi connectivity index (χ4v) is 4.71. The maximum absolute atomic E-state index is 12.9. The molecular weight excluding hydrogens is 404 g/mol. The number of amides is 1. The molecule has 168 valence electrons. The van der Waals surface area contributed by atoms with Gasteiger partial charge < -0.3 is 15.0 Å². The van der Waals surface area contributed by atoms with Crippen LogP contribution in [0.15, 0.2) is 42.4 Å². The number of nitrogens with zero attached hydrogens (tertiary/aromatic N) is 3. The Bertz CT molecular complexity index is 1030. The summed E-state index contributed by atoms with van der Waals surface area (Å²) in [4.78, 5) is 38.9. The van der Waals surface area contributed by atoms with Gasteiger partial charge in [0.2, 0.25) is 5.91 Å². The largest absolute Gasteiger partial charge is 0.375 e. The third kappa shape index (κ3) is 4.82. The molecule has 0 spiro atoms. The molecule has 1 saturated heterocycles. The number of benzene rings is 1. The van der Waals surface area contributed by atoms with Crippen LogP contribution in [0, 0.1) is 11.8 Å². The third-order valence-corrected chi connectivity index (χ3v) is 6.44. The number of rotatable bonds is 7. The number of nitrogens with one attached hydrogen (secondary N) is 1. The van der Waals surface area contributed by atoms with Crippen LogP contribution in [0.2, 0.25) is 0 Å². The number of likely N-dealkylation sites (tertiary alicyclic amines) is 1. The lowest BCUT2D eigenvalue weighted by Crippen LogP contribution is -2.40. The first-order valence-corrected chi connectivity index (χ1v) is 11.3. The Labute approximate surface area is 188 Å². The fourth-order valence-electron chi connectivity index (χ4n) is 4.71. The summed E-state index contributed by atoms with van der Waals surface area (Å²) in [6, 6.07) is 7.54. The first-order chi connectivity index (χ1) is 15.4. The van der Waals surface area contributed by atoms with Crippen LogP contribution in [0.1, 0.15) is 60.1 Å². The van der Waals surface area contributed by atoms with Gasteiger partial charge >= 0.3 is 0 Å². The normalized spacial score (nSPS) is 19.5. The molecule has 4 rings (SSSR count). The predicted octanol–water partition coefficient (Wildman–Crippen LogP) is 3.14. The Balaban J connectivity index is 1.29. The van der Waals surface area contributed by atoms with Crippen molar-refractivity contribution in [3.8, 4) is 0 Å². The van der Waals surface area contributed by atoms with E-state index in [1.165, 1.54) is 0 Å². The highest BCUT2D eigenvalue weighted by Crippen LogP contribution is 2.29. The van der Waals surface area contributed by atoms with Crippen molar-refractivity contribution in [2.75, 3.05) is 13.1 Å². The van der Waals surface area contributed by atoms with E-state index < -0.39 is 0 Å². The van der Waals surface area contributed by atoms with Crippen molar-refractivity contribution in [3.05, 3.63) is 59.0 Å². The second kappa shape index (κ2) is 9.51. The van der Waals surface area contributed by atoms with Crippen LogP contribution in [0.3, 0.4) is 0 Å². The van der Waals surface area contributed by atoms with Crippen LogP contribution in [0.5, 0.6) is 0 Å². The minimum Gasteiger partial charge on any atom is -0.375 e. The number of aryl methyl sites for hydroxylation is 1. The lowest BCUT2D eigenvalue weighted by molar-refractivity contribution is -0.133. The quantitative estimate of drug-likeness (QED) is 0.535. The van der Waals surface area contributed by atoms with Crippen LogP contribution in [0.25, 0.3) is 6.08 Å². The number of hydrogen-bond donors (Lipinski definition) is 1. The van der Waals surface area contributed by atoms with E-state index >= 15 is 0 Å². The maximum atomic E-state index is 12.9. The van der Waals surface area contributed by atoms with Gasteiger partial charge in [0.05, 0.1) is 11.8 Å². The highest BCUT2D eigenvalue weighted by molar-refractivity contribution is 5.97. The molecule has 7 heteroatoms. The number of Topliss-reactive ketones (excluding diaryl/α,β-unsaturated/α-hetero) is 1. The summed E-state index contributed by atoms with van der Waals surface area (Å²) >= 11 is 0. The number of carbonyl (C=O) groups is 3. The van der Waals surface area contributed by atoms with E-state index in [0.29, 0.717) is 44.3 Å². The Hall–Kier alpha value is -3.22. The number of fused-ring (bicyclic) bond motifs is 1. The molecule has 2 aliphatic heterocycles. The van der Waals surface area contributed by atoms with Crippen molar-refractivity contribution in [1.29, 1.82) is 0 Å². The molecule has 2 atom stereocenters. The number of allylic oxidation sites excluding steroid dienone is 1.